The second-order valence-electron chi connectivity index (χ2n) is 5.89. The van der Waals surface area contributed by atoms with E-state index in [1.807, 2.05) is 13.8 Å². The van der Waals surface area contributed by atoms with Crippen LogP contribution < -0.4 is 5.73 Å². The Morgan fingerprint density at radius 2 is 1.89 bits per heavy atom. The quantitative estimate of drug-likeness (QED) is 0.741. The average Bonchev–Trinajstić information content (AvgIpc) is 2.39. The standard InChI is InChI=1S/C14H27NO3/c1-13(2,17-3)9-10-18-12(16)14(11-15)7-5-4-6-8-14/h4-11,15H2,1-3H3. The zero-order valence-corrected chi connectivity index (χ0v) is 12.0. The Kier molecular flexibility index (Phi) is 5.60. The Morgan fingerprint density at radius 1 is 1.28 bits per heavy atom. The molecule has 18 heavy (non-hydrogen) atoms. The number of carbonyl (C=O) groups is 1. The molecule has 1 aliphatic carbocycles. The molecule has 4 heteroatoms. The van der Waals surface area contributed by atoms with Gasteiger partial charge < -0.3 is 15.2 Å². The molecule has 1 fully saturated rings. The molecule has 0 aromatic heterocycles. The molecular weight excluding hydrogens is 230 g/mol. The van der Waals surface area contributed by atoms with Crippen LogP contribution in [0.1, 0.15) is 52.4 Å². The fourth-order valence-corrected chi connectivity index (χ4v) is 2.36. The van der Waals surface area contributed by atoms with Gasteiger partial charge in [-0.25, -0.2) is 0 Å². The van der Waals surface area contributed by atoms with Crippen molar-refractivity contribution in [1.82, 2.24) is 0 Å². The zero-order valence-electron chi connectivity index (χ0n) is 12.0. The molecule has 106 valence electrons. The third kappa shape index (κ3) is 3.95. The fraction of sp³-hybridized carbons (Fsp3) is 0.929. The van der Waals surface area contributed by atoms with Crippen LogP contribution in [-0.4, -0.2) is 31.8 Å². The summed E-state index contributed by atoms with van der Waals surface area (Å²) in [6.45, 7) is 4.78. The molecule has 0 aromatic rings. The van der Waals surface area contributed by atoms with E-state index in [9.17, 15) is 4.79 Å². The SMILES string of the molecule is COC(C)(C)CCOC(=O)C1(CN)CCCCC1. The van der Waals surface area contributed by atoms with E-state index in [1.54, 1.807) is 7.11 Å². The van der Waals surface area contributed by atoms with Crippen molar-refractivity contribution in [2.24, 2.45) is 11.1 Å². The molecule has 0 heterocycles. The van der Waals surface area contributed by atoms with Gasteiger partial charge in [0.25, 0.3) is 0 Å². The summed E-state index contributed by atoms with van der Waals surface area (Å²) in [4.78, 5) is 12.2. The highest BCUT2D eigenvalue weighted by Crippen LogP contribution is 2.36. The van der Waals surface area contributed by atoms with Crippen LogP contribution in [0.4, 0.5) is 0 Å². The lowest BCUT2D eigenvalue weighted by atomic mass is 9.74. The van der Waals surface area contributed by atoms with E-state index in [1.165, 1.54) is 6.42 Å². The zero-order chi connectivity index (χ0) is 13.6. The van der Waals surface area contributed by atoms with Gasteiger partial charge in [-0.2, -0.15) is 0 Å². The van der Waals surface area contributed by atoms with Crippen molar-refractivity contribution in [2.75, 3.05) is 20.3 Å². The summed E-state index contributed by atoms with van der Waals surface area (Å²) in [6.07, 6.45) is 5.80. The maximum atomic E-state index is 12.2. The summed E-state index contributed by atoms with van der Waals surface area (Å²) in [7, 11) is 1.67. The van der Waals surface area contributed by atoms with Gasteiger partial charge in [0.2, 0.25) is 0 Å². The summed E-state index contributed by atoms with van der Waals surface area (Å²) < 4.78 is 10.7. The lowest BCUT2D eigenvalue weighted by Crippen LogP contribution is -2.42. The Balaban J connectivity index is 2.43. The number of rotatable bonds is 6. The molecule has 2 N–H and O–H groups in total. The molecule has 1 rings (SSSR count). The number of methoxy groups -OCH3 is 1. The van der Waals surface area contributed by atoms with E-state index < -0.39 is 5.41 Å². The number of ether oxygens (including phenoxy) is 2. The van der Waals surface area contributed by atoms with Crippen LogP contribution in [0, 0.1) is 5.41 Å². The van der Waals surface area contributed by atoms with Gasteiger partial charge in [-0.05, 0) is 26.7 Å². The summed E-state index contributed by atoms with van der Waals surface area (Å²) >= 11 is 0. The van der Waals surface area contributed by atoms with Gasteiger partial charge in [-0.1, -0.05) is 19.3 Å². The van der Waals surface area contributed by atoms with Crippen molar-refractivity contribution in [3.63, 3.8) is 0 Å². The molecule has 0 aliphatic heterocycles. The third-order valence-corrected chi connectivity index (χ3v) is 4.12. The average molecular weight is 257 g/mol. The van der Waals surface area contributed by atoms with Crippen molar-refractivity contribution in [2.45, 2.75) is 58.0 Å². The molecule has 0 unspecified atom stereocenters. The molecule has 0 atom stereocenters. The Morgan fingerprint density at radius 3 is 2.39 bits per heavy atom. The first kappa shape index (κ1) is 15.4. The fourth-order valence-electron chi connectivity index (χ4n) is 2.36. The molecule has 0 amide bonds. The molecule has 0 bridgehead atoms. The second kappa shape index (κ2) is 6.53. The van der Waals surface area contributed by atoms with E-state index >= 15 is 0 Å². The smallest absolute Gasteiger partial charge is 0.313 e. The van der Waals surface area contributed by atoms with Gasteiger partial charge in [0, 0.05) is 20.1 Å². The summed E-state index contributed by atoms with van der Waals surface area (Å²) in [5, 5.41) is 0. The van der Waals surface area contributed by atoms with Crippen molar-refractivity contribution >= 4 is 5.97 Å². The first-order valence-corrected chi connectivity index (χ1v) is 6.88. The van der Waals surface area contributed by atoms with E-state index in [2.05, 4.69) is 0 Å². The van der Waals surface area contributed by atoms with Gasteiger partial charge in [0.1, 0.15) is 0 Å². The van der Waals surface area contributed by atoms with Crippen molar-refractivity contribution < 1.29 is 14.3 Å². The van der Waals surface area contributed by atoms with Crippen molar-refractivity contribution in [3.05, 3.63) is 0 Å². The van der Waals surface area contributed by atoms with Crippen LogP contribution in [0.3, 0.4) is 0 Å². The lowest BCUT2D eigenvalue weighted by Gasteiger charge is -2.34. The molecule has 4 nitrogen and oxygen atoms in total. The van der Waals surface area contributed by atoms with E-state index in [4.69, 9.17) is 15.2 Å². The van der Waals surface area contributed by atoms with Crippen LogP contribution in [0.2, 0.25) is 0 Å². The predicted octanol–water partition coefficient (Wildman–Crippen LogP) is 2.25. The van der Waals surface area contributed by atoms with E-state index in [0.717, 1.165) is 25.7 Å². The van der Waals surface area contributed by atoms with Crippen molar-refractivity contribution in [3.8, 4) is 0 Å². The van der Waals surface area contributed by atoms with Gasteiger partial charge in [0.15, 0.2) is 0 Å². The van der Waals surface area contributed by atoms with Crippen LogP contribution in [0.15, 0.2) is 0 Å². The molecule has 1 aliphatic rings. The molecule has 0 saturated heterocycles. The minimum absolute atomic E-state index is 0.114. The Bertz CT molecular complexity index is 270. The number of esters is 1. The largest absolute Gasteiger partial charge is 0.465 e. The van der Waals surface area contributed by atoms with Crippen molar-refractivity contribution in [1.29, 1.82) is 0 Å². The minimum atomic E-state index is -0.421. The first-order chi connectivity index (χ1) is 8.46. The monoisotopic (exact) mass is 257 g/mol. The highest BCUT2D eigenvalue weighted by molar-refractivity contribution is 5.77. The molecule has 0 aromatic carbocycles. The predicted molar refractivity (Wildman–Crippen MR) is 71.2 cm³/mol. The van der Waals surface area contributed by atoms with Crippen LogP contribution >= 0.6 is 0 Å². The van der Waals surface area contributed by atoms with Crippen LogP contribution in [0.5, 0.6) is 0 Å². The summed E-state index contributed by atoms with van der Waals surface area (Å²) in [6, 6.07) is 0. The summed E-state index contributed by atoms with van der Waals surface area (Å²) in [5.41, 5.74) is 5.13. The topological polar surface area (TPSA) is 61.5 Å². The first-order valence-electron chi connectivity index (χ1n) is 6.88. The number of carbonyl (C=O) groups excluding carboxylic acids is 1. The third-order valence-electron chi connectivity index (χ3n) is 4.12. The maximum absolute atomic E-state index is 12.2. The molecule has 0 spiro atoms. The van der Waals surface area contributed by atoms with Gasteiger partial charge in [-0.3, -0.25) is 4.79 Å². The van der Waals surface area contributed by atoms with Crippen LogP contribution in [-0.2, 0) is 14.3 Å². The maximum Gasteiger partial charge on any atom is 0.313 e. The minimum Gasteiger partial charge on any atom is -0.465 e. The second-order valence-corrected chi connectivity index (χ2v) is 5.89. The van der Waals surface area contributed by atoms with Crippen LogP contribution in [0.25, 0.3) is 0 Å². The normalized spacial score (nSPS) is 19.6. The number of hydrogen-bond acceptors (Lipinski definition) is 4. The van der Waals surface area contributed by atoms with Gasteiger partial charge in [-0.15, -0.1) is 0 Å². The van der Waals surface area contributed by atoms with E-state index in [-0.39, 0.29) is 11.6 Å². The lowest BCUT2D eigenvalue weighted by molar-refractivity contribution is -0.159. The summed E-state index contributed by atoms with van der Waals surface area (Å²) in [5.74, 6) is -0.114. The number of nitrogens with two attached hydrogens (primary N) is 1. The van der Waals surface area contributed by atoms with Gasteiger partial charge >= 0.3 is 5.97 Å². The van der Waals surface area contributed by atoms with E-state index in [0.29, 0.717) is 19.6 Å². The molecule has 0 radical (unpaired) electrons. The van der Waals surface area contributed by atoms with Gasteiger partial charge in [0.05, 0.1) is 17.6 Å². The Labute approximate surface area is 110 Å². The highest BCUT2D eigenvalue weighted by Gasteiger charge is 2.39. The number of hydrogen-bond donors (Lipinski definition) is 1. The molecule has 1 saturated carbocycles. The highest BCUT2D eigenvalue weighted by atomic mass is 16.5. The molecular formula is C14H27NO3. The Hall–Kier alpha value is -0.610.